The number of amides is 1. The van der Waals surface area contributed by atoms with Gasteiger partial charge in [-0.15, -0.1) is 0 Å². The lowest BCUT2D eigenvalue weighted by atomic mass is 10.0. The van der Waals surface area contributed by atoms with Crippen LogP contribution in [0.4, 0.5) is 0 Å². The SMILES string of the molecule is O=C(N[C@H](c1ccccc1)c1ccco1)c1ccnc(-n2cncn2)c1. The average molecular weight is 345 g/mol. The lowest BCUT2D eigenvalue weighted by molar-refractivity contribution is 0.0939. The number of nitrogens with zero attached hydrogens (tertiary/aromatic N) is 4. The number of carbonyl (C=O) groups excluding carboxylic acids is 1. The van der Waals surface area contributed by atoms with E-state index < -0.39 is 0 Å². The van der Waals surface area contributed by atoms with E-state index in [4.69, 9.17) is 4.42 Å². The molecule has 0 radical (unpaired) electrons. The standard InChI is InChI=1S/C19H15N5O2/c25-19(15-8-9-21-17(11-15)24-13-20-12-22-24)23-18(16-7-4-10-26-16)14-5-2-1-3-6-14/h1-13,18H,(H,23,25)/t18-/m1/s1. The molecule has 0 unspecified atom stereocenters. The molecule has 0 saturated carbocycles. The van der Waals surface area contributed by atoms with Crippen LogP contribution in [0.2, 0.25) is 0 Å². The summed E-state index contributed by atoms with van der Waals surface area (Å²) >= 11 is 0. The summed E-state index contributed by atoms with van der Waals surface area (Å²) in [6.07, 6.45) is 6.10. The van der Waals surface area contributed by atoms with Gasteiger partial charge >= 0.3 is 0 Å². The number of nitrogens with one attached hydrogen (secondary N) is 1. The maximum atomic E-state index is 12.8. The monoisotopic (exact) mass is 345 g/mol. The molecular weight excluding hydrogens is 330 g/mol. The Hall–Kier alpha value is -3.74. The van der Waals surface area contributed by atoms with Crippen LogP contribution < -0.4 is 5.32 Å². The topological polar surface area (TPSA) is 85.8 Å². The number of rotatable bonds is 5. The van der Waals surface area contributed by atoms with Gasteiger partial charge in [-0.25, -0.2) is 14.6 Å². The minimum Gasteiger partial charge on any atom is -0.467 e. The largest absolute Gasteiger partial charge is 0.467 e. The van der Waals surface area contributed by atoms with Crippen LogP contribution in [0, 0.1) is 0 Å². The zero-order chi connectivity index (χ0) is 17.8. The second kappa shape index (κ2) is 7.02. The molecule has 1 atom stereocenters. The summed E-state index contributed by atoms with van der Waals surface area (Å²) in [5.41, 5.74) is 1.40. The van der Waals surface area contributed by atoms with Gasteiger partial charge in [-0.05, 0) is 29.8 Å². The first-order chi connectivity index (χ1) is 12.8. The van der Waals surface area contributed by atoms with Crippen LogP contribution in [0.3, 0.4) is 0 Å². The molecule has 7 nitrogen and oxygen atoms in total. The van der Waals surface area contributed by atoms with Crippen molar-refractivity contribution in [3.05, 3.63) is 96.6 Å². The van der Waals surface area contributed by atoms with Gasteiger partial charge in [0.15, 0.2) is 5.82 Å². The molecule has 1 N–H and O–H groups in total. The quantitative estimate of drug-likeness (QED) is 0.601. The van der Waals surface area contributed by atoms with Crippen molar-refractivity contribution in [1.29, 1.82) is 0 Å². The first-order valence-electron chi connectivity index (χ1n) is 8.01. The zero-order valence-electron chi connectivity index (χ0n) is 13.7. The average Bonchev–Trinajstić information content (AvgIpc) is 3.40. The fourth-order valence-electron chi connectivity index (χ4n) is 2.65. The third kappa shape index (κ3) is 3.23. The van der Waals surface area contributed by atoms with Crippen LogP contribution in [-0.2, 0) is 0 Å². The lowest BCUT2D eigenvalue weighted by Gasteiger charge is -2.17. The molecule has 0 spiro atoms. The molecule has 26 heavy (non-hydrogen) atoms. The van der Waals surface area contributed by atoms with Gasteiger partial charge in [0.25, 0.3) is 5.91 Å². The Morgan fingerprint density at radius 1 is 1.12 bits per heavy atom. The van der Waals surface area contributed by atoms with Crippen molar-refractivity contribution in [2.75, 3.05) is 0 Å². The highest BCUT2D eigenvalue weighted by atomic mass is 16.3. The van der Waals surface area contributed by atoms with Crippen LogP contribution in [-0.4, -0.2) is 25.7 Å². The Labute approximate surface area is 149 Å². The molecule has 4 rings (SSSR count). The van der Waals surface area contributed by atoms with Crippen molar-refractivity contribution >= 4 is 5.91 Å². The first kappa shape index (κ1) is 15.8. The summed E-state index contributed by atoms with van der Waals surface area (Å²) in [4.78, 5) is 20.9. The summed E-state index contributed by atoms with van der Waals surface area (Å²) in [6.45, 7) is 0. The molecule has 0 fully saturated rings. The maximum absolute atomic E-state index is 12.8. The Morgan fingerprint density at radius 3 is 2.73 bits per heavy atom. The van der Waals surface area contributed by atoms with Crippen molar-refractivity contribution in [1.82, 2.24) is 25.1 Å². The minimum absolute atomic E-state index is 0.237. The van der Waals surface area contributed by atoms with Gasteiger partial charge in [0.05, 0.1) is 6.26 Å². The van der Waals surface area contributed by atoms with Crippen molar-refractivity contribution < 1.29 is 9.21 Å². The van der Waals surface area contributed by atoms with E-state index in [1.807, 2.05) is 36.4 Å². The van der Waals surface area contributed by atoms with Crippen molar-refractivity contribution in [2.45, 2.75) is 6.04 Å². The molecule has 0 aliphatic carbocycles. The van der Waals surface area contributed by atoms with Crippen molar-refractivity contribution in [3.63, 3.8) is 0 Å². The molecule has 0 aliphatic rings. The van der Waals surface area contributed by atoms with Crippen LogP contribution >= 0.6 is 0 Å². The molecule has 4 aromatic rings. The van der Waals surface area contributed by atoms with E-state index in [0.29, 0.717) is 17.1 Å². The minimum atomic E-state index is -0.387. The predicted molar refractivity (Wildman–Crippen MR) is 93.6 cm³/mol. The molecule has 7 heteroatoms. The van der Waals surface area contributed by atoms with Gasteiger partial charge in [-0.2, -0.15) is 5.10 Å². The highest BCUT2D eigenvalue weighted by molar-refractivity contribution is 5.95. The van der Waals surface area contributed by atoms with Gasteiger partial charge in [0.1, 0.15) is 24.5 Å². The van der Waals surface area contributed by atoms with Gasteiger partial charge < -0.3 is 9.73 Å². The maximum Gasteiger partial charge on any atom is 0.252 e. The third-order valence-electron chi connectivity index (χ3n) is 3.90. The lowest BCUT2D eigenvalue weighted by Crippen LogP contribution is -2.29. The normalized spacial score (nSPS) is 11.8. The number of pyridine rings is 1. The van der Waals surface area contributed by atoms with Gasteiger partial charge in [-0.1, -0.05) is 30.3 Å². The fraction of sp³-hybridized carbons (Fsp3) is 0.0526. The molecule has 3 aromatic heterocycles. The second-order valence-corrected chi connectivity index (χ2v) is 5.58. The molecule has 1 amide bonds. The highest BCUT2D eigenvalue weighted by Gasteiger charge is 2.20. The van der Waals surface area contributed by atoms with Crippen molar-refractivity contribution in [2.24, 2.45) is 0 Å². The summed E-state index contributed by atoms with van der Waals surface area (Å²) in [5, 5.41) is 7.05. The Kier molecular flexibility index (Phi) is 4.26. The molecule has 1 aromatic carbocycles. The van der Waals surface area contributed by atoms with E-state index in [2.05, 4.69) is 20.4 Å². The van der Waals surface area contributed by atoms with Gasteiger partial charge in [0, 0.05) is 11.8 Å². The Balaban J connectivity index is 1.62. The summed E-state index contributed by atoms with van der Waals surface area (Å²) in [7, 11) is 0. The fourth-order valence-corrected chi connectivity index (χ4v) is 2.65. The van der Waals surface area contributed by atoms with E-state index in [9.17, 15) is 4.79 Å². The van der Waals surface area contributed by atoms with Crippen LogP contribution in [0.1, 0.15) is 27.7 Å². The molecule has 3 heterocycles. The van der Waals surface area contributed by atoms with E-state index in [1.165, 1.54) is 17.3 Å². The number of benzene rings is 1. The number of carbonyl (C=O) groups is 1. The number of aromatic nitrogens is 4. The molecule has 128 valence electrons. The number of furan rings is 1. The van der Waals surface area contributed by atoms with E-state index in [1.54, 1.807) is 30.7 Å². The van der Waals surface area contributed by atoms with Crippen molar-refractivity contribution in [3.8, 4) is 5.82 Å². The smallest absolute Gasteiger partial charge is 0.252 e. The Bertz CT molecular complexity index is 982. The molecule has 0 saturated heterocycles. The molecular formula is C19H15N5O2. The van der Waals surface area contributed by atoms with Gasteiger partial charge in [0.2, 0.25) is 0 Å². The highest BCUT2D eigenvalue weighted by Crippen LogP contribution is 2.23. The van der Waals surface area contributed by atoms with E-state index >= 15 is 0 Å². The summed E-state index contributed by atoms with van der Waals surface area (Å²) in [6, 6.07) is 16.2. The van der Waals surface area contributed by atoms with Crippen LogP contribution in [0.25, 0.3) is 5.82 Å². The second-order valence-electron chi connectivity index (χ2n) is 5.58. The Morgan fingerprint density at radius 2 is 2.00 bits per heavy atom. The number of hydrogen-bond donors (Lipinski definition) is 1. The van der Waals surface area contributed by atoms with Crippen LogP contribution in [0.5, 0.6) is 0 Å². The van der Waals surface area contributed by atoms with E-state index in [-0.39, 0.29) is 11.9 Å². The molecule has 0 aliphatic heterocycles. The third-order valence-corrected chi connectivity index (χ3v) is 3.90. The first-order valence-corrected chi connectivity index (χ1v) is 8.01. The van der Waals surface area contributed by atoms with Gasteiger partial charge in [-0.3, -0.25) is 4.79 Å². The zero-order valence-corrected chi connectivity index (χ0v) is 13.7. The summed E-state index contributed by atoms with van der Waals surface area (Å²) in [5.74, 6) is 0.943. The molecule has 0 bridgehead atoms. The van der Waals surface area contributed by atoms with Crippen LogP contribution in [0.15, 0.2) is 84.1 Å². The summed E-state index contributed by atoms with van der Waals surface area (Å²) < 4.78 is 7.02. The number of hydrogen-bond acceptors (Lipinski definition) is 5. The predicted octanol–water partition coefficient (Wildman–Crippen LogP) is 2.77. The van der Waals surface area contributed by atoms with E-state index in [0.717, 1.165) is 5.56 Å².